The van der Waals surface area contributed by atoms with Gasteiger partial charge in [0.15, 0.2) is 5.82 Å². The molecule has 0 aliphatic heterocycles. The molecular weight excluding hydrogens is 393 g/mol. The van der Waals surface area contributed by atoms with Crippen LogP contribution in [0.1, 0.15) is 62.5 Å². The van der Waals surface area contributed by atoms with Gasteiger partial charge in [-0.05, 0) is 91.2 Å². The smallest absolute Gasteiger partial charge is 0.225 e. The largest absolute Gasteiger partial charge is 0.309 e. The van der Waals surface area contributed by atoms with Gasteiger partial charge in [0.1, 0.15) is 11.6 Å². The Morgan fingerprint density at radius 2 is 2.16 bits per heavy atom. The minimum Gasteiger partial charge on any atom is -0.309 e. The first-order valence-electron chi connectivity index (χ1n) is 11.3. The Morgan fingerprint density at radius 1 is 1.29 bits per heavy atom. The Kier molecular flexibility index (Phi) is 5.11. The van der Waals surface area contributed by atoms with Gasteiger partial charge in [0.2, 0.25) is 5.91 Å². The van der Waals surface area contributed by atoms with Crippen molar-refractivity contribution in [1.29, 1.82) is 0 Å². The van der Waals surface area contributed by atoms with Crippen molar-refractivity contribution in [2.24, 2.45) is 23.2 Å². The number of Topliss-reactive ketones (excluding diaryl/α,β-unsaturated/α-hetero) is 1. The summed E-state index contributed by atoms with van der Waals surface area (Å²) in [5.41, 5.74) is 2.12. The van der Waals surface area contributed by atoms with Crippen LogP contribution in [-0.2, 0) is 16.0 Å². The number of rotatable bonds is 4. The molecule has 0 bridgehead atoms. The van der Waals surface area contributed by atoms with Gasteiger partial charge in [-0.15, -0.1) is 5.10 Å². The second-order valence-electron chi connectivity index (χ2n) is 9.72. The summed E-state index contributed by atoms with van der Waals surface area (Å²) < 4.78 is 13.7. The topological polar surface area (TPSA) is 72.0 Å². The van der Waals surface area contributed by atoms with Gasteiger partial charge in [0.05, 0.1) is 0 Å². The fourth-order valence-corrected chi connectivity index (χ4v) is 6.77. The van der Waals surface area contributed by atoms with E-state index in [0.29, 0.717) is 48.6 Å². The Bertz CT molecular complexity index is 1010. The highest BCUT2D eigenvalue weighted by molar-refractivity contribution is 5.90. The van der Waals surface area contributed by atoms with Crippen molar-refractivity contribution >= 4 is 17.5 Å². The Hall–Kier alpha value is -2.63. The summed E-state index contributed by atoms with van der Waals surface area (Å²) in [6.45, 7) is 2.15. The van der Waals surface area contributed by atoms with Crippen molar-refractivity contribution < 1.29 is 14.0 Å². The van der Waals surface area contributed by atoms with Crippen LogP contribution in [0.15, 0.2) is 36.5 Å². The lowest BCUT2D eigenvalue weighted by molar-refractivity contribution is -0.129. The minimum atomic E-state index is -0.287. The van der Waals surface area contributed by atoms with E-state index >= 15 is 0 Å². The van der Waals surface area contributed by atoms with E-state index in [-0.39, 0.29) is 23.1 Å². The molecule has 3 unspecified atom stereocenters. The van der Waals surface area contributed by atoms with E-state index in [2.05, 4.69) is 22.4 Å². The lowest BCUT2D eigenvalue weighted by Gasteiger charge is -2.50. The van der Waals surface area contributed by atoms with Gasteiger partial charge in [-0.25, -0.2) is 4.39 Å². The molecule has 6 heteroatoms. The zero-order valence-corrected chi connectivity index (χ0v) is 17.8. The maximum atomic E-state index is 13.7. The summed E-state index contributed by atoms with van der Waals surface area (Å²) in [7, 11) is 0. The average molecular weight is 422 g/mol. The van der Waals surface area contributed by atoms with Crippen LogP contribution in [0.4, 0.5) is 10.2 Å². The predicted molar refractivity (Wildman–Crippen MR) is 115 cm³/mol. The van der Waals surface area contributed by atoms with Crippen molar-refractivity contribution in [1.82, 2.24) is 10.2 Å². The van der Waals surface area contributed by atoms with Crippen LogP contribution in [0, 0.1) is 29.0 Å². The van der Waals surface area contributed by atoms with E-state index in [1.807, 2.05) is 6.07 Å². The highest BCUT2D eigenvalue weighted by Crippen LogP contribution is 2.62. The van der Waals surface area contributed by atoms with Crippen molar-refractivity contribution in [2.75, 3.05) is 5.32 Å². The van der Waals surface area contributed by atoms with E-state index in [4.69, 9.17) is 0 Å². The zero-order valence-electron chi connectivity index (χ0n) is 17.8. The molecule has 2 aromatic rings. The molecule has 0 spiro atoms. The molecule has 1 aromatic heterocycles. The standard InChI is InChI=1S/C25H28FN3O2/c1-25-11-10-19-18-8-6-17(26)13-15(18)4-7-20(19)24(25)16(14-21(25)30)5-9-23(31)28-22-3-2-12-27-29-22/h2-3,6,8,12-13,16,19-20,24H,4-5,7,9-11,14H2,1H3,(H,28,29,31)/t16-,19?,20?,24?,25-/m1/s1. The van der Waals surface area contributed by atoms with E-state index < -0.39 is 0 Å². The van der Waals surface area contributed by atoms with Crippen LogP contribution in [0.3, 0.4) is 0 Å². The quantitative estimate of drug-likeness (QED) is 0.778. The molecule has 1 heterocycles. The molecule has 162 valence electrons. The number of carbonyl (C=O) groups excluding carboxylic acids is 2. The number of anilines is 1. The molecule has 5 nitrogen and oxygen atoms in total. The monoisotopic (exact) mass is 421 g/mol. The normalized spacial score (nSPS) is 31.5. The molecule has 5 rings (SSSR count). The summed E-state index contributed by atoms with van der Waals surface area (Å²) in [6.07, 6.45) is 6.96. The number of hydrogen-bond acceptors (Lipinski definition) is 4. The van der Waals surface area contributed by atoms with Crippen LogP contribution in [0.2, 0.25) is 0 Å². The van der Waals surface area contributed by atoms with Crippen molar-refractivity contribution in [3.63, 3.8) is 0 Å². The molecular formula is C25H28FN3O2. The fourth-order valence-electron chi connectivity index (χ4n) is 6.77. The van der Waals surface area contributed by atoms with Gasteiger partial charge < -0.3 is 5.32 Å². The Balaban J connectivity index is 1.33. The van der Waals surface area contributed by atoms with Crippen LogP contribution >= 0.6 is 0 Å². The predicted octanol–water partition coefficient (Wildman–Crippen LogP) is 4.69. The number of fused-ring (bicyclic) bond motifs is 5. The average Bonchev–Trinajstić information content (AvgIpc) is 3.02. The lowest BCUT2D eigenvalue weighted by Crippen LogP contribution is -2.44. The fraction of sp³-hybridized carbons (Fsp3) is 0.520. The number of hydrogen-bond donors (Lipinski definition) is 1. The first-order valence-corrected chi connectivity index (χ1v) is 11.3. The van der Waals surface area contributed by atoms with Crippen LogP contribution in [0.5, 0.6) is 0 Å². The molecule has 0 saturated heterocycles. The summed E-state index contributed by atoms with van der Waals surface area (Å²) >= 11 is 0. The molecule has 3 aliphatic carbocycles. The van der Waals surface area contributed by atoms with Gasteiger partial charge in [-0.3, -0.25) is 9.59 Å². The molecule has 1 aromatic carbocycles. The van der Waals surface area contributed by atoms with E-state index in [0.717, 1.165) is 31.2 Å². The number of halogens is 1. The summed E-state index contributed by atoms with van der Waals surface area (Å²) in [5.74, 6) is 1.90. The first kappa shape index (κ1) is 20.3. The zero-order chi connectivity index (χ0) is 21.6. The van der Waals surface area contributed by atoms with Crippen LogP contribution < -0.4 is 5.32 Å². The van der Waals surface area contributed by atoms with Gasteiger partial charge in [0, 0.05) is 24.5 Å². The number of ketones is 1. The first-order chi connectivity index (χ1) is 15.0. The molecule has 3 aliphatic rings. The van der Waals surface area contributed by atoms with E-state index in [1.54, 1.807) is 30.5 Å². The van der Waals surface area contributed by atoms with Gasteiger partial charge in [0.25, 0.3) is 0 Å². The maximum Gasteiger partial charge on any atom is 0.225 e. The number of aromatic nitrogens is 2. The minimum absolute atomic E-state index is 0.0848. The maximum absolute atomic E-state index is 13.7. The number of benzene rings is 1. The van der Waals surface area contributed by atoms with Crippen molar-refractivity contribution in [3.05, 3.63) is 53.5 Å². The second kappa shape index (κ2) is 7.81. The third-order valence-corrected chi connectivity index (χ3v) is 8.11. The summed E-state index contributed by atoms with van der Waals surface area (Å²) in [5, 5.41) is 10.5. The number of nitrogens with one attached hydrogen (secondary N) is 1. The Labute approximate surface area is 181 Å². The highest BCUT2D eigenvalue weighted by Gasteiger charge is 2.58. The van der Waals surface area contributed by atoms with E-state index in [9.17, 15) is 14.0 Å². The van der Waals surface area contributed by atoms with Gasteiger partial charge in [-0.1, -0.05) is 13.0 Å². The Morgan fingerprint density at radius 3 is 2.97 bits per heavy atom. The molecule has 1 N–H and O–H groups in total. The number of nitrogens with zero attached hydrogens (tertiary/aromatic N) is 2. The highest BCUT2D eigenvalue weighted by atomic mass is 19.1. The molecule has 31 heavy (non-hydrogen) atoms. The molecule has 5 atom stereocenters. The van der Waals surface area contributed by atoms with E-state index in [1.165, 1.54) is 5.56 Å². The van der Waals surface area contributed by atoms with Crippen LogP contribution in [0.25, 0.3) is 0 Å². The van der Waals surface area contributed by atoms with Gasteiger partial charge >= 0.3 is 0 Å². The number of amides is 1. The third-order valence-electron chi connectivity index (χ3n) is 8.11. The van der Waals surface area contributed by atoms with Gasteiger partial charge in [-0.2, -0.15) is 5.10 Å². The number of carbonyl (C=O) groups is 2. The molecule has 0 radical (unpaired) electrons. The molecule has 1 amide bonds. The molecule has 2 fully saturated rings. The van der Waals surface area contributed by atoms with Crippen LogP contribution in [-0.4, -0.2) is 21.9 Å². The lowest BCUT2D eigenvalue weighted by atomic mass is 9.54. The summed E-state index contributed by atoms with van der Waals surface area (Å²) in [4.78, 5) is 25.5. The molecule has 2 saturated carbocycles. The third kappa shape index (κ3) is 3.56. The number of aryl methyl sites for hydroxylation is 1. The van der Waals surface area contributed by atoms with Crippen molar-refractivity contribution in [2.45, 2.75) is 57.8 Å². The second-order valence-corrected chi connectivity index (χ2v) is 9.72. The summed E-state index contributed by atoms with van der Waals surface area (Å²) in [6, 6.07) is 8.68. The SMILES string of the molecule is C[C@]12CCC3c4ccc(F)cc4CCC3C1[C@H](CCC(=O)Nc1cccnn1)CC2=O. The van der Waals surface area contributed by atoms with Crippen molar-refractivity contribution in [3.8, 4) is 0 Å².